The van der Waals surface area contributed by atoms with E-state index in [1.165, 1.54) is 20.1 Å². The van der Waals surface area contributed by atoms with Gasteiger partial charge in [0.1, 0.15) is 12.4 Å². The smallest absolute Gasteiger partial charge is 0.165 e. The van der Waals surface area contributed by atoms with Crippen molar-refractivity contribution in [1.29, 1.82) is 0 Å². The molecule has 3 nitrogen and oxygen atoms in total. The molecule has 2 aromatic carbocycles. The van der Waals surface area contributed by atoms with E-state index in [0.29, 0.717) is 16.9 Å². The zero-order chi connectivity index (χ0) is 15.4. The van der Waals surface area contributed by atoms with Crippen LogP contribution in [0.3, 0.4) is 0 Å². The van der Waals surface area contributed by atoms with Gasteiger partial charge < -0.3 is 9.47 Å². The summed E-state index contributed by atoms with van der Waals surface area (Å²) in [5.74, 6) is 0.127. The molecule has 110 valence electrons. The Morgan fingerprint density at radius 3 is 2.52 bits per heavy atom. The van der Waals surface area contributed by atoms with Gasteiger partial charge in [-0.25, -0.2) is 4.39 Å². The fourth-order valence-corrected chi connectivity index (χ4v) is 2.23. The van der Waals surface area contributed by atoms with Gasteiger partial charge in [-0.2, -0.15) is 0 Å². The van der Waals surface area contributed by atoms with Crippen LogP contribution < -0.4 is 9.47 Å². The van der Waals surface area contributed by atoms with Crippen molar-refractivity contribution in [3.63, 3.8) is 0 Å². The lowest BCUT2D eigenvalue weighted by Gasteiger charge is -2.11. The average molecular weight is 353 g/mol. The number of hydrogen-bond acceptors (Lipinski definition) is 3. The van der Waals surface area contributed by atoms with Crippen LogP contribution in [-0.4, -0.2) is 12.9 Å². The Morgan fingerprint density at radius 1 is 1.19 bits per heavy atom. The summed E-state index contributed by atoms with van der Waals surface area (Å²) < 4.78 is 24.9. The number of methoxy groups -OCH3 is 1. The minimum Gasteiger partial charge on any atom is -0.494 e. The molecule has 5 heteroatoms. The second-order valence-corrected chi connectivity index (χ2v) is 5.37. The summed E-state index contributed by atoms with van der Waals surface area (Å²) in [5.41, 5.74) is 1.14. The molecule has 0 radical (unpaired) electrons. The SMILES string of the molecule is COc1ccc(COc2ccc(Br)cc2C(C)=O)cc1F. The highest BCUT2D eigenvalue weighted by Gasteiger charge is 2.10. The summed E-state index contributed by atoms with van der Waals surface area (Å²) in [7, 11) is 1.41. The van der Waals surface area contributed by atoms with E-state index < -0.39 is 5.82 Å². The quantitative estimate of drug-likeness (QED) is 0.749. The fraction of sp³-hybridized carbons (Fsp3) is 0.188. The zero-order valence-electron chi connectivity index (χ0n) is 11.7. The first-order valence-corrected chi connectivity index (χ1v) is 7.06. The van der Waals surface area contributed by atoms with Crippen LogP contribution in [0.15, 0.2) is 40.9 Å². The van der Waals surface area contributed by atoms with Gasteiger partial charge in [-0.05, 0) is 42.8 Å². The van der Waals surface area contributed by atoms with Crippen molar-refractivity contribution in [3.05, 3.63) is 57.8 Å². The third kappa shape index (κ3) is 3.82. The fourth-order valence-electron chi connectivity index (χ4n) is 1.86. The van der Waals surface area contributed by atoms with Crippen LogP contribution in [-0.2, 0) is 6.61 Å². The molecule has 0 aliphatic heterocycles. The van der Waals surface area contributed by atoms with E-state index in [1.807, 2.05) is 0 Å². The van der Waals surface area contributed by atoms with Crippen molar-refractivity contribution < 1.29 is 18.7 Å². The summed E-state index contributed by atoms with van der Waals surface area (Å²) in [4.78, 5) is 11.6. The summed E-state index contributed by atoms with van der Waals surface area (Å²) in [6.07, 6.45) is 0. The molecule has 0 atom stereocenters. The largest absolute Gasteiger partial charge is 0.494 e. The van der Waals surface area contributed by atoms with Crippen LogP contribution in [0.5, 0.6) is 11.5 Å². The number of halogens is 2. The Bertz CT molecular complexity index is 671. The third-order valence-electron chi connectivity index (χ3n) is 2.93. The van der Waals surface area contributed by atoms with E-state index >= 15 is 0 Å². The number of ketones is 1. The number of carbonyl (C=O) groups excluding carboxylic acids is 1. The first kappa shape index (κ1) is 15.5. The molecule has 0 bridgehead atoms. The maximum absolute atomic E-state index is 13.6. The van der Waals surface area contributed by atoms with Crippen LogP contribution in [0.4, 0.5) is 4.39 Å². The van der Waals surface area contributed by atoms with Crippen molar-refractivity contribution in [2.24, 2.45) is 0 Å². The van der Waals surface area contributed by atoms with E-state index in [9.17, 15) is 9.18 Å². The van der Waals surface area contributed by atoms with Crippen molar-refractivity contribution in [2.45, 2.75) is 13.5 Å². The first-order valence-electron chi connectivity index (χ1n) is 6.27. The average Bonchev–Trinajstić information content (AvgIpc) is 2.46. The van der Waals surface area contributed by atoms with Gasteiger partial charge in [-0.3, -0.25) is 4.79 Å². The number of benzene rings is 2. The third-order valence-corrected chi connectivity index (χ3v) is 3.42. The van der Waals surface area contributed by atoms with Crippen molar-refractivity contribution in [3.8, 4) is 11.5 Å². The highest BCUT2D eigenvalue weighted by molar-refractivity contribution is 9.10. The van der Waals surface area contributed by atoms with Crippen LogP contribution in [0.2, 0.25) is 0 Å². The highest BCUT2D eigenvalue weighted by Crippen LogP contribution is 2.25. The number of carbonyl (C=O) groups is 1. The Balaban J connectivity index is 2.16. The zero-order valence-corrected chi connectivity index (χ0v) is 13.2. The van der Waals surface area contributed by atoms with Crippen molar-refractivity contribution in [2.75, 3.05) is 7.11 Å². The number of ether oxygens (including phenoxy) is 2. The second kappa shape index (κ2) is 6.72. The van der Waals surface area contributed by atoms with Crippen LogP contribution >= 0.6 is 15.9 Å². The maximum atomic E-state index is 13.6. The summed E-state index contributed by atoms with van der Waals surface area (Å²) in [6.45, 7) is 1.64. The molecule has 0 aliphatic rings. The lowest BCUT2D eigenvalue weighted by atomic mass is 10.1. The lowest BCUT2D eigenvalue weighted by Crippen LogP contribution is -2.02. The molecule has 0 aromatic heterocycles. The number of Topliss-reactive ketones (excluding diaryl/α,β-unsaturated/α-hetero) is 1. The van der Waals surface area contributed by atoms with Gasteiger partial charge >= 0.3 is 0 Å². The summed E-state index contributed by atoms with van der Waals surface area (Å²) in [5, 5.41) is 0. The Labute approximate surface area is 130 Å². The molecule has 0 amide bonds. The number of hydrogen-bond donors (Lipinski definition) is 0. The minimum atomic E-state index is -0.443. The predicted octanol–water partition coefficient (Wildman–Crippen LogP) is 4.38. The maximum Gasteiger partial charge on any atom is 0.165 e. The summed E-state index contributed by atoms with van der Waals surface area (Å²) >= 11 is 3.31. The van der Waals surface area contributed by atoms with Gasteiger partial charge in [0.05, 0.1) is 12.7 Å². The monoisotopic (exact) mass is 352 g/mol. The van der Waals surface area contributed by atoms with Gasteiger partial charge in [-0.1, -0.05) is 22.0 Å². The summed E-state index contributed by atoms with van der Waals surface area (Å²) in [6, 6.07) is 9.81. The molecular formula is C16H14BrFO3. The molecule has 0 N–H and O–H groups in total. The first-order chi connectivity index (χ1) is 10.0. The second-order valence-electron chi connectivity index (χ2n) is 4.45. The van der Waals surface area contributed by atoms with Gasteiger partial charge in [-0.15, -0.1) is 0 Å². The normalized spacial score (nSPS) is 10.3. The molecule has 0 unspecified atom stereocenters. The molecule has 0 heterocycles. The van der Waals surface area contributed by atoms with E-state index in [2.05, 4.69) is 15.9 Å². The van der Waals surface area contributed by atoms with Crippen LogP contribution in [0.25, 0.3) is 0 Å². The number of rotatable bonds is 5. The van der Waals surface area contributed by atoms with Crippen molar-refractivity contribution in [1.82, 2.24) is 0 Å². The van der Waals surface area contributed by atoms with Gasteiger partial charge in [0.2, 0.25) is 0 Å². The molecule has 0 fully saturated rings. The van der Waals surface area contributed by atoms with Gasteiger partial charge in [0.25, 0.3) is 0 Å². The molecule has 2 aromatic rings. The van der Waals surface area contributed by atoms with E-state index in [0.717, 1.165) is 4.47 Å². The predicted molar refractivity (Wildman–Crippen MR) is 81.4 cm³/mol. The van der Waals surface area contributed by atoms with Gasteiger partial charge in [0.15, 0.2) is 17.3 Å². The Morgan fingerprint density at radius 2 is 1.90 bits per heavy atom. The molecule has 2 rings (SSSR count). The molecule has 0 aliphatic carbocycles. The van der Waals surface area contributed by atoms with Gasteiger partial charge in [0, 0.05) is 4.47 Å². The Kier molecular flexibility index (Phi) is 4.96. The van der Waals surface area contributed by atoms with E-state index in [1.54, 1.807) is 30.3 Å². The standard InChI is InChI=1S/C16H14BrFO3/c1-10(19)13-8-12(17)4-6-15(13)21-9-11-3-5-16(20-2)14(18)7-11/h3-8H,9H2,1-2H3. The minimum absolute atomic E-state index is 0.0905. The molecule has 21 heavy (non-hydrogen) atoms. The van der Waals surface area contributed by atoms with E-state index in [4.69, 9.17) is 9.47 Å². The molecule has 0 spiro atoms. The molecule has 0 saturated heterocycles. The van der Waals surface area contributed by atoms with Crippen LogP contribution in [0.1, 0.15) is 22.8 Å². The Hall–Kier alpha value is -1.88. The van der Waals surface area contributed by atoms with Crippen molar-refractivity contribution >= 4 is 21.7 Å². The van der Waals surface area contributed by atoms with Crippen LogP contribution in [0, 0.1) is 5.82 Å². The van der Waals surface area contributed by atoms with E-state index in [-0.39, 0.29) is 18.1 Å². The molecular weight excluding hydrogens is 339 g/mol. The molecule has 0 saturated carbocycles. The lowest BCUT2D eigenvalue weighted by molar-refractivity contribution is 0.101. The highest BCUT2D eigenvalue weighted by atomic mass is 79.9. The topological polar surface area (TPSA) is 35.5 Å².